The van der Waals surface area contributed by atoms with Gasteiger partial charge in [0.15, 0.2) is 17.3 Å². The highest BCUT2D eigenvalue weighted by molar-refractivity contribution is 6.18. The van der Waals surface area contributed by atoms with Crippen molar-refractivity contribution in [2.75, 3.05) is 6.79 Å². The van der Waals surface area contributed by atoms with Crippen molar-refractivity contribution in [3.63, 3.8) is 0 Å². The lowest BCUT2D eigenvalue weighted by Gasteiger charge is -2.13. The van der Waals surface area contributed by atoms with Gasteiger partial charge in [-0.3, -0.25) is 4.79 Å². The van der Waals surface area contributed by atoms with Crippen LogP contribution >= 0.6 is 0 Å². The molecule has 0 fully saturated rings. The van der Waals surface area contributed by atoms with E-state index in [2.05, 4.69) is 0 Å². The Kier molecular flexibility index (Phi) is 1.86. The van der Waals surface area contributed by atoms with Gasteiger partial charge in [-0.25, -0.2) is 0 Å². The first-order valence-corrected chi connectivity index (χ1v) is 5.08. The molecule has 3 rings (SSSR count). The van der Waals surface area contributed by atoms with Crippen molar-refractivity contribution in [3.8, 4) is 11.5 Å². The zero-order chi connectivity index (χ0) is 11.1. The van der Waals surface area contributed by atoms with Gasteiger partial charge < -0.3 is 9.47 Å². The second-order valence-electron chi connectivity index (χ2n) is 3.86. The number of fused-ring (bicyclic) bond motifs is 1. The fourth-order valence-corrected chi connectivity index (χ4v) is 1.82. The molecule has 3 heteroatoms. The summed E-state index contributed by atoms with van der Waals surface area (Å²) in [5.41, 5.74) is 2.77. The lowest BCUT2D eigenvalue weighted by molar-refractivity contribution is -0.112. The van der Waals surface area contributed by atoms with Crippen LogP contribution in [-0.4, -0.2) is 12.6 Å². The third kappa shape index (κ3) is 1.33. The smallest absolute Gasteiger partial charge is 0.231 e. The van der Waals surface area contributed by atoms with Crippen molar-refractivity contribution in [2.24, 2.45) is 0 Å². The van der Waals surface area contributed by atoms with Crippen LogP contribution in [0.1, 0.15) is 12.5 Å². The summed E-state index contributed by atoms with van der Waals surface area (Å²) < 4.78 is 10.5. The topological polar surface area (TPSA) is 35.5 Å². The number of ketones is 1. The quantitative estimate of drug-likeness (QED) is 0.673. The SMILES string of the molecule is CC1=CC(=O)C1=Cc1ccc2c(c1)OCO2. The highest BCUT2D eigenvalue weighted by Gasteiger charge is 2.19. The summed E-state index contributed by atoms with van der Waals surface area (Å²) in [5, 5.41) is 0. The molecule has 1 aliphatic heterocycles. The summed E-state index contributed by atoms with van der Waals surface area (Å²) in [4.78, 5) is 11.3. The maximum absolute atomic E-state index is 11.3. The van der Waals surface area contributed by atoms with E-state index < -0.39 is 0 Å². The molecule has 0 radical (unpaired) electrons. The van der Waals surface area contributed by atoms with Gasteiger partial charge in [0, 0.05) is 5.57 Å². The predicted octanol–water partition coefficient (Wildman–Crippen LogP) is 2.33. The van der Waals surface area contributed by atoms with Gasteiger partial charge in [0.25, 0.3) is 0 Å². The van der Waals surface area contributed by atoms with Gasteiger partial charge in [-0.2, -0.15) is 0 Å². The zero-order valence-electron chi connectivity index (χ0n) is 8.82. The lowest BCUT2D eigenvalue weighted by Crippen LogP contribution is -2.10. The van der Waals surface area contributed by atoms with Crippen molar-refractivity contribution in [2.45, 2.75) is 6.92 Å². The molecule has 3 nitrogen and oxygen atoms in total. The molecule has 0 N–H and O–H groups in total. The third-order valence-electron chi connectivity index (χ3n) is 2.75. The average Bonchev–Trinajstić information content (AvgIpc) is 2.73. The molecule has 0 amide bonds. The first kappa shape index (κ1) is 9.21. The molecule has 80 valence electrons. The van der Waals surface area contributed by atoms with Crippen LogP contribution in [0.2, 0.25) is 0 Å². The Morgan fingerprint density at radius 1 is 1.25 bits per heavy atom. The van der Waals surface area contributed by atoms with Crippen molar-refractivity contribution in [1.29, 1.82) is 0 Å². The fourth-order valence-electron chi connectivity index (χ4n) is 1.82. The second-order valence-corrected chi connectivity index (χ2v) is 3.86. The van der Waals surface area contributed by atoms with Crippen LogP contribution in [0.15, 0.2) is 35.4 Å². The van der Waals surface area contributed by atoms with Crippen LogP contribution in [0.4, 0.5) is 0 Å². The van der Waals surface area contributed by atoms with Crippen molar-refractivity contribution >= 4 is 11.9 Å². The van der Waals surface area contributed by atoms with E-state index in [1.54, 1.807) is 6.08 Å². The molecule has 0 unspecified atom stereocenters. The summed E-state index contributed by atoms with van der Waals surface area (Å²) in [6, 6.07) is 5.66. The number of rotatable bonds is 1. The van der Waals surface area contributed by atoms with Gasteiger partial charge in [0.2, 0.25) is 6.79 Å². The molecule has 2 aliphatic rings. The Balaban J connectivity index is 1.97. The maximum atomic E-state index is 11.3. The van der Waals surface area contributed by atoms with Crippen LogP contribution in [-0.2, 0) is 4.79 Å². The summed E-state index contributed by atoms with van der Waals surface area (Å²) in [6.07, 6.45) is 3.51. The van der Waals surface area contributed by atoms with Crippen LogP contribution in [0.3, 0.4) is 0 Å². The molecule has 0 saturated carbocycles. The number of hydrogen-bond acceptors (Lipinski definition) is 3. The monoisotopic (exact) mass is 214 g/mol. The number of benzene rings is 1. The molecule has 1 heterocycles. The van der Waals surface area contributed by atoms with Crippen molar-refractivity contribution < 1.29 is 14.3 Å². The molecule has 0 spiro atoms. The van der Waals surface area contributed by atoms with Gasteiger partial charge in [-0.05, 0) is 42.3 Å². The Morgan fingerprint density at radius 2 is 2.06 bits per heavy atom. The van der Waals surface area contributed by atoms with E-state index in [4.69, 9.17) is 9.47 Å². The number of hydrogen-bond donors (Lipinski definition) is 0. The van der Waals surface area contributed by atoms with E-state index >= 15 is 0 Å². The summed E-state index contributed by atoms with van der Waals surface area (Å²) >= 11 is 0. The molecular weight excluding hydrogens is 204 g/mol. The molecule has 0 bridgehead atoms. The second kappa shape index (κ2) is 3.23. The van der Waals surface area contributed by atoms with Crippen molar-refractivity contribution in [1.82, 2.24) is 0 Å². The van der Waals surface area contributed by atoms with Gasteiger partial charge in [0.1, 0.15) is 0 Å². The minimum atomic E-state index is 0.0927. The minimum Gasteiger partial charge on any atom is -0.454 e. The molecule has 16 heavy (non-hydrogen) atoms. The van der Waals surface area contributed by atoms with Crippen LogP contribution in [0, 0.1) is 0 Å². The van der Waals surface area contributed by atoms with Crippen LogP contribution in [0.5, 0.6) is 11.5 Å². The first-order chi connectivity index (χ1) is 7.74. The number of ether oxygens (including phenoxy) is 2. The van der Waals surface area contributed by atoms with E-state index in [0.717, 1.165) is 28.2 Å². The number of carbonyl (C=O) groups excluding carboxylic acids is 1. The van der Waals surface area contributed by atoms with E-state index in [1.807, 2.05) is 31.2 Å². The molecule has 0 atom stereocenters. The fraction of sp³-hybridized carbons (Fsp3) is 0.154. The maximum Gasteiger partial charge on any atom is 0.231 e. The van der Waals surface area contributed by atoms with E-state index in [0.29, 0.717) is 0 Å². The Labute approximate surface area is 93.0 Å². The Morgan fingerprint density at radius 3 is 2.81 bits per heavy atom. The van der Waals surface area contributed by atoms with Gasteiger partial charge >= 0.3 is 0 Å². The number of carbonyl (C=O) groups is 1. The highest BCUT2D eigenvalue weighted by atomic mass is 16.7. The predicted molar refractivity (Wildman–Crippen MR) is 59.3 cm³/mol. The summed E-state index contributed by atoms with van der Waals surface area (Å²) in [7, 11) is 0. The summed E-state index contributed by atoms with van der Waals surface area (Å²) in [6.45, 7) is 2.20. The minimum absolute atomic E-state index is 0.0927. The van der Waals surface area contributed by atoms with E-state index in [9.17, 15) is 4.79 Å². The molecule has 1 aromatic rings. The van der Waals surface area contributed by atoms with Crippen LogP contribution in [0.25, 0.3) is 6.08 Å². The first-order valence-electron chi connectivity index (χ1n) is 5.08. The summed E-state index contributed by atoms with van der Waals surface area (Å²) in [5.74, 6) is 1.59. The lowest BCUT2D eigenvalue weighted by atomic mass is 9.90. The largest absolute Gasteiger partial charge is 0.454 e. The van der Waals surface area contributed by atoms with Gasteiger partial charge in [0.05, 0.1) is 0 Å². The van der Waals surface area contributed by atoms with Crippen molar-refractivity contribution in [3.05, 3.63) is 41.0 Å². The molecule has 1 aromatic carbocycles. The Hall–Kier alpha value is -2.03. The normalized spacial score (nSPS) is 19.7. The average molecular weight is 214 g/mol. The van der Waals surface area contributed by atoms with Gasteiger partial charge in [-0.1, -0.05) is 6.07 Å². The number of allylic oxidation sites excluding steroid dienone is 3. The van der Waals surface area contributed by atoms with Crippen LogP contribution < -0.4 is 9.47 Å². The standard InChI is InChI=1S/C13H10O3/c1-8-4-11(14)10(8)5-9-2-3-12-13(6-9)16-7-15-12/h2-6H,7H2,1H3. The Bertz CT molecular complexity index is 538. The van der Waals surface area contributed by atoms with E-state index in [-0.39, 0.29) is 12.6 Å². The molecule has 0 aromatic heterocycles. The zero-order valence-corrected chi connectivity index (χ0v) is 8.82. The van der Waals surface area contributed by atoms with Gasteiger partial charge in [-0.15, -0.1) is 0 Å². The molecule has 0 saturated heterocycles. The third-order valence-corrected chi connectivity index (χ3v) is 2.75. The highest BCUT2D eigenvalue weighted by Crippen LogP contribution is 2.34. The molecular formula is C13H10O3. The molecule has 1 aliphatic carbocycles. The van der Waals surface area contributed by atoms with E-state index in [1.165, 1.54) is 0 Å².